The average molecular weight is 231 g/mol. The summed E-state index contributed by atoms with van der Waals surface area (Å²) in [5, 5.41) is 4.24. The Morgan fingerprint density at radius 1 is 1.29 bits per heavy atom. The SMILES string of the molecule is CC(C)n1ncc(COc2ccccc2)c1N. The number of hydrogen-bond donors (Lipinski definition) is 1. The van der Waals surface area contributed by atoms with Crippen molar-refractivity contribution in [3.05, 3.63) is 42.1 Å². The van der Waals surface area contributed by atoms with Gasteiger partial charge >= 0.3 is 0 Å². The van der Waals surface area contributed by atoms with Crippen LogP contribution in [0.2, 0.25) is 0 Å². The van der Waals surface area contributed by atoms with Crippen LogP contribution in [0.25, 0.3) is 0 Å². The van der Waals surface area contributed by atoms with Crippen LogP contribution in [-0.2, 0) is 6.61 Å². The van der Waals surface area contributed by atoms with Crippen molar-refractivity contribution in [2.24, 2.45) is 0 Å². The van der Waals surface area contributed by atoms with E-state index in [-0.39, 0.29) is 6.04 Å². The molecule has 0 saturated carbocycles. The van der Waals surface area contributed by atoms with E-state index in [0.717, 1.165) is 11.3 Å². The first-order valence-electron chi connectivity index (χ1n) is 5.68. The summed E-state index contributed by atoms with van der Waals surface area (Å²) in [7, 11) is 0. The topological polar surface area (TPSA) is 53.1 Å². The molecule has 4 nitrogen and oxygen atoms in total. The van der Waals surface area contributed by atoms with E-state index in [4.69, 9.17) is 10.5 Å². The number of para-hydroxylation sites is 1. The van der Waals surface area contributed by atoms with E-state index in [0.29, 0.717) is 12.4 Å². The lowest BCUT2D eigenvalue weighted by molar-refractivity contribution is 0.307. The van der Waals surface area contributed by atoms with Gasteiger partial charge in [-0.3, -0.25) is 0 Å². The third-order valence-electron chi connectivity index (χ3n) is 2.54. The summed E-state index contributed by atoms with van der Waals surface area (Å²) >= 11 is 0. The van der Waals surface area contributed by atoms with Crippen LogP contribution in [0.15, 0.2) is 36.5 Å². The molecule has 90 valence electrons. The summed E-state index contributed by atoms with van der Waals surface area (Å²) < 4.78 is 7.43. The van der Waals surface area contributed by atoms with Crippen molar-refractivity contribution >= 4 is 5.82 Å². The number of nitrogen functional groups attached to an aromatic ring is 1. The average Bonchev–Trinajstić information content (AvgIpc) is 2.69. The Balaban J connectivity index is 2.05. The van der Waals surface area contributed by atoms with Gasteiger partial charge in [0.2, 0.25) is 0 Å². The smallest absolute Gasteiger partial charge is 0.128 e. The molecule has 2 N–H and O–H groups in total. The first-order chi connectivity index (χ1) is 8.18. The third kappa shape index (κ3) is 2.58. The van der Waals surface area contributed by atoms with Gasteiger partial charge in [0.05, 0.1) is 11.8 Å². The molecule has 0 atom stereocenters. The Bertz CT molecular complexity index is 477. The lowest BCUT2D eigenvalue weighted by Crippen LogP contribution is -2.08. The van der Waals surface area contributed by atoms with Gasteiger partial charge in [-0.15, -0.1) is 0 Å². The zero-order chi connectivity index (χ0) is 12.3. The fourth-order valence-corrected chi connectivity index (χ4v) is 1.61. The van der Waals surface area contributed by atoms with Crippen molar-refractivity contribution in [2.45, 2.75) is 26.5 Å². The van der Waals surface area contributed by atoms with Gasteiger partial charge in [-0.05, 0) is 26.0 Å². The molecule has 2 aromatic rings. The standard InChI is InChI=1S/C13H17N3O/c1-10(2)16-13(14)11(8-15-16)9-17-12-6-4-3-5-7-12/h3-8,10H,9,14H2,1-2H3. The van der Waals surface area contributed by atoms with Gasteiger partial charge in [-0.2, -0.15) is 5.10 Å². The van der Waals surface area contributed by atoms with Gasteiger partial charge in [0.15, 0.2) is 0 Å². The fraction of sp³-hybridized carbons (Fsp3) is 0.308. The van der Waals surface area contributed by atoms with Crippen LogP contribution < -0.4 is 10.5 Å². The minimum atomic E-state index is 0.264. The highest BCUT2D eigenvalue weighted by Gasteiger charge is 2.09. The molecule has 0 spiro atoms. The molecular weight excluding hydrogens is 214 g/mol. The van der Waals surface area contributed by atoms with Crippen molar-refractivity contribution in [3.8, 4) is 5.75 Å². The monoisotopic (exact) mass is 231 g/mol. The Morgan fingerprint density at radius 2 is 2.00 bits per heavy atom. The van der Waals surface area contributed by atoms with Crippen LogP contribution >= 0.6 is 0 Å². The summed E-state index contributed by atoms with van der Waals surface area (Å²) in [4.78, 5) is 0. The molecule has 0 aliphatic rings. The minimum absolute atomic E-state index is 0.264. The number of aromatic nitrogens is 2. The molecule has 0 amide bonds. The summed E-state index contributed by atoms with van der Waals surface area (Å²) in [6.45, 7) is 4.54. The largest absolute Gasteiger partial charge is 0.489 e. The summed E-state index contributed by atoms with van der Waals surface area (Å²) in [5.74, 6) is 1.51. The Morgan fingerprint density at radius 3 is 2.59 bits per heavy atom. The molecule has 0 aliphatic heterocycles. The van der Waals surface area contributed by atoms with Gasteiger partial charge in [0, 0.05) is 6.04 Å². The molecule has 4 heteroatoms. The maximum absolute atomic E-state index is 5.99. The predicted octanol–water partition coefficient (Wildman–Crippen LogP) is 2.63. The van der Waals surface area contributed by atoms with E-state index < -0.39 is 0 Å². The van der Waals surface area contributed by atoms with Crippen molar-refractivity contribution in [1.82, 2.24) is 9.78 Å². The Hall–Kier alpha value is -1.97. The molecule has 0 bridgehead atoms. The summed E-state index contributed by atoms with van der Waals surface area (Å²) in [6.07, 6.45) is 1.76. The molecule has 0 radical (unpaired) electrons. The summed E-state index contributed by atoms with van der Waals surface area (Å²) in [5.41, 5.74) is 6.91. The molecule has 0 fully saturated rings. The molecule has 0 unspecified atom stereocenters. The molecule has 0 aliphatic carbocycles. The molecular formula is C13H17N3O. The van der Waals surface area contributed by atoms with E-state index >= 15 is 0 Å². The lowest BCUT2D eigenvalue weighted by atomic mass is 10.3. The van der Waals surface area contributed by atoms with E-state index in [9.17, 15) is 0 Å². The summed E-state index contributed by atoms with van der Waals surface area (Å²) in [6, 6.07) is 9.94. The number of benzene rings is 1. The predicted molar refractivity (Wildman–Crippen MR) is 67.8 cm³/mol. The van der Waals surface area contributed by atoms with Crippen LogP contribution in [0.3, 0.4) is 0 Å². The molecule has 0 saturated heterocycles. The van der Waals surface area contributed by atoms with Crippen molar-refractivity contribution in [2.75, 3.05) is 5.73 Å². The van der Waals surface area contributed by atoms with E-state index in [1.807, 2.05) is 44.2 Å². The van der Waals surface area contributed by atoms with E-state index in [1.165, 1.54) is 0 Å². The highest BCUT2D eigenvalue weighted by molar-refractivity contribution is 5.39. The van der Waals surface area contributed by atoms with Crippen molar-refractivity contribution in [3.63, 3.8) is 0 Å². The molecule has 17 heavy (non-hydrogen) atoms. The van der Waals surface area contributed by atoms with E-state index in [2.05, 4.69) is 5.10 Å². The maximum atomic E-state index is 5.99. The molecule has 1 heterocycles. The van der Waals surface area contributed by atoms with Crippen LogP contribution in [0.4, 0.5) is 5.82 Å². The molecule has 2 rings (SSSR count). The van der Waals surface area contributed by atoms with Gasteiger partial charge < -0.3 is 10.5 Å². The zero-order valence-electron chi connectivity index (χ0n) is 10.1. The number of ether oxygens (including phenoxy) is 1. The highest BCUT2D eigenvalue weighted by atomic mass is 16.5. The normalized spacial score (nSPS) is 10.8. The van der Waals surface area contributed by atoms with Crippen LogP contribution in [0, 0.1) is 0 Å². The van der Waals surface area contributed by atoms with E-state index in [1.54, 1.807) is 10.9 Å². The van der Waals surface area contributed by atoms with Gasteiger partial charge in [-0.1, -0.05) is 18.2 Å². The second-order valence-electron chi connectivity index (χ2n) is 4.20. The quantitative estimate of drug-likeness (QED) is 0.880. The maximum Gasteiger partial charge on any atom is 0.128 e. The second kappa shape index (κ2) is 4.91. The number of rotatable bonds is 4. The van der Waals surface area contributed by atoms with Crippen LogP contribution in [0.1, 0.15) is 25.5 Å². The Labute approximate surface area is 101 Å². The second-order valence-corrected chi connectivity index (χ2v) is 4.20. The van der Waals surface area contributed by atoms with Gasteiger partial charge in [0.1, 0.15) is 18.2 Å². The number of anilines is 1. The first kappa shape index (κ1) is 11.5. The van der Waals surface area contributed by atoms with Crippen LogP contribution in [-0.4, -0.2) is 9.78 Å². The highest BCUT2D eigenvalue weighted by Crippen LogP contribution is 2.18. The number of nitrogens with zero attached hydrogens (tertiary/aromatic N) is 2. The molecule has 1 aromatic carbocycles. The minimum Gasteiger partial charge on any atom is -0.489 e. The third-order valence-corrected chi connectivity index (χ3v) is 2.54. The van der Waals surface area contributed by atoms with Crippen LogP contribution in [0.5, 0.6) is 5.75 Å². The molecule has 1 aromatic heterocycles. The lowest BCUT2D eigenvalue weighted by Gasteiger charge is -2.09. The van der Waals surface area contributed by atoms with Gasteiger partial charge in [0.25, 0.3) is 0 Å². The number of hydrogen-bond acceptors (Lipinski definition) is 3. The first-order valence-corrected chi connectivity index (χ1v) is 5.68. The number of nitrogens with two attached hydrogens (primary N) is 1. The Kier molecular flexibility index (Phi) is 3.32. The van der Waals surface area contributed by atoms with Gasteiger partial charge in [-0.25, -0.2) is 4.68 Å². The van der Waals surface area contributed by atoms with Crippen molar-refractivity contribution in [1.29, 1.82) is 0 Å². The fourth-order valence-electron chi connectivity index (χ4n) is 1.61. The van der Waals surface area contributed by atoms with Crippen molar-refractivity contribution < 1.29 is 4.74 Å². The zero-order valence-corrected chi connectivity index (χ0v) is 10.1.